The molecule has 0 amide bonds. The topological polar surface area (TPSA) is 17.1 Å². The lowest BCUT2D eigenvalue weighted by molar-refractivity contribution is -0.104. The summed E-state index contributed by atoms with van der Waals surface area (Å²) in [5.41, 5.74) is 2.42. The fourth-order valence-electron chi connectivity index (χ4n) is 1.89. The maximum absolute atomic E-state index is 10.4. The van der Waals surface area contributed by atoms with Crippen LogP contribution >= 0.6 is 0 Å². The van der Waals surface area contributed by atoms with E-state index in [0.717, 1.165) is 12.7 Å². The van der Waals surface area contributed by atoms with Gasteiger partial charge >= 0.3 is 0 Å². The fraction of sp³-hybridized carbons (Fsp3) is 0.353. The predicted octanol–water partition coefficient (Wildman–Crippen LogP) is 4.80. The average molecular weight is 242 g/mol. The Kier molecular flexibility index (Phi) is 7.54. The molecule has 18 heavy (non-hydrogen) atoms. The molecular formula is C17H22O. The van der Waals surface area contributed by atoms with Gasteiger partial charge in [-0.25, -0.2) is 0 Å². The molecule has 0 atom stereocenters. The SMILES string of the molecule is CCCCCCC(/C=C/C=O)=C\c1ccccc1. The smallest absolute Gasteiger partial charge is 0.142 e. The van der Waals surface area contributed by atoms with Gasteiger partial charge in [-0.3, -0.25) is 4.79 Å². The van der Waals surface area contributed by atoms with Gasteiger partial charge in [-0.1, -0.05) is 68.7 Å². The Morgan fingerprint density at radius 1 is 1.11 bits per heavy atom. The molecule has 96 valence electrons. The van der Waals surface area contributed by atoms with Crippen molar-refractivity contribution in [2.24, 2.45) is 0 Å². The zero-order valence-corrected chi connectivity index (χ0v) is 11.1. The van der Waals surface area contributed by atoms with E-state index in [-0.39, 0.29) is 0 Å². The third-order valence-corrected chi connectivity index (χ3v) is 2.86. The molecule has 0 saturated carbocycles. The molecule has 0 heterocycles. The molecule has 1 nitrogen and oxygen atoms in total. The number of hydrogen-bond acceptors (Lipinski definition) is 1. The fourth-order valence-corrected chi connectivity index (χ4v) is 1.89. The number of benzene rings is 1. The van der Waals surface area contributed by atoms with Crippen LogP contribution in [0, 0.1) is 0 Å². The summed E-state index contributed by atoms with van der Waals surface area (Å²) in [4.78, 5) is 10.4. The lowest BCUT2D eigenvalue weighted by Gasteiger charge is -2.03. The molecule has 0 aromatic heterocycles. The van der Waals surface area contributed by atoms with E-state index >= 15 is 0 Å². The Morgan fingerprint density at radius 3 is 2.56 bits per heavy atom. The number of rotatable bonds is 8. The highest BCUT2D eigenvalue weighted by molar-refractivity contribution is 5.67. The van der Waals surface area contributed by atoms with Crippen molar-refractivity contribution in [3.05, 3.63) is 53.6 Å². The van der Waals surface area contributed by atoms with Crippen LogP contribution in [-0.4, -0.2) is 6.29 Å². The summed E-state index contributed by atoms with van der Waals surface area (Å²) in [7, 11) is 0. The Balaban J connectivity index is 2.63. The van der Waals surface area contributed by atoms with E-state index in [2.05, 4.69) is 25.1 Å². The van der Waals surface area contributed by atoms with Crippen LogP contribution in [0.1, 0.15) is 44.6 Å². The normalized spacial score (nSPS) is 11.9. The molecule has 0 aliphatic rings. The summed E-state index contributed by atoms with van der Waals surface area (Å²) in [6.45, 7) is 2.22. The minimum absolute atomic E-state index is 0.838. The molecule has 0 saturated heterocycles. The van der Waals surface area contributed by atoms with E-state index in [1.165, 1.54) is 36.8 Å². The first-order chi connectivity index (χ1) is 8.86. The number of carbonyl (C=O) groups excluding carboxylic acids is 1. The average Bonchev–Trinajstić information content (AvgIpc) is 2.41. The Labute approximate surface area is 110 Å². The van der Waals surface area contributed by atoms with Crippen LogP contribution in [0.15, 0.2) is 48.1 Å². The number of carbonyl (C=O) groups is 1. The molecule has 0 unspecified atom stereocenters. The minimum Gasteiger partial charge on any atom is -0.299 e. The molecule has 0 fully saturated rings. The molecule has 1 heteroatoms. The lowest BCUT2D eigenvalue weighted by atomic mass is 10.0. The van der Waals surface area contributed by atoms with E-state index in [0.29, 0.717) is 0 Å². The van der Waals surface area contributed by atoms with Crippen LogP contribution in [0.5, 0.6) is 0 Å². The number of hydrogen-bond donors (Lipinski definition) is 0. The third kappa shape index (κ3) is 6.19. The van der Waals surface area contributed by atoms with Gasteiger partial charge in [-0.15, -0.1) is 0 Å². The van der Waals surface area contributed by atoms with Crippen LogP contribution in [0.2, 0.25) is 0 Å². The van der Waals surface area contributed by atoms with Gasteiger partial charge < -0.3 is 0 Å². The first-order valence-corrected chi connectivity index (χ1v) is 6.74. The largest absolute Gasteiger partial charge is 0.299 e. The van der Waals surface area contributed by atoms with Gasteiger partial charge in [0.15, 0.2) is 0 Å². The van der Waals surface area contributed by atoms with Crippen LogP contribution < -0.4 is 0 Å². The Hall–Kier alpha value is -1.63. The molecule has 1 aromatic rings. The van der Waals surface area contributed by atoms with Gasteiger partial charge in [0.25, 0.3) is 0 Å². The van der Waals surface area contributed by atoms with Crippen LogP contribution in [0.3, 0.4) is 0 Å². The first-order valence-electron chi connectivity index (χ1n) is 6.74. The lowest BCUT2D eigenvalue weighted by Crippen LogP contribution is -1.83. The van der Waals surface area contributed by atoms with Gasteiger partial charge in [0.05, 0.1) is 0 Å². The molecule has 0 bridgehead atoms. The summed E-state index contributed by atoms with van der Waals surface area (Å²) < 4.78 is 0. The highest BCUT2D eigenvalue weighted by Crippen LogP contribution is 2.15. The van der Waals surface area contributed by atoms with Crippen LogP contribution in [-0.2, 0) is 4.79 Å². The van der Waals surface area contributed by atoms with Crippen LogP contribution in [0.4, 0.5) is 0 Å². The molecule has 0 spiro atoms. The van der Waals surface area contributed by atoms with Crippen molar-refractivity contribution in [3.8, 4) is 0 Å². The van der Waals surface area contributed by atoms with Crippen molar-refractivity contribution in [1.29, 1.82) is 0 Å². The third-order valence-electron chi connectivity index (χ3n) is 2.86. The molecule has 0 N–H and O–H groups in total. The van der Waals surface area contributed by atoms with Gasteiger partial charge in [-0.2, -0.15) is 0 Å². The predicted molar refractivity (Wildman–Crippen MR) is 78.4 cm³/mol. The molecule has 0 aliphatic carbocycles. The van der Waals surface area contributed by atoms with Crippen molar-refractivity contribution in [1.82, 2.24) is 0 Å². The van der Waals surface area contributed by atoms with Crippen molar-refractivity contribution in [3.63, 3.8) is 0 Å². The molecule has 1 rings (SSSR count). The second-order valence-corrected chi connectivity index (χ2v) is 4.44. The Morgan fingerprint density at radius 2 is 1.89 bits per heavy atom. The highest BCUT2D eigenvalue weighted by atomic mass is 16.1. The van der Waals surface area contributed by atoms with Gasteiger partial charge in [0.2, 0.25) is 0 Å². The van der Waals surface area contributed by atoms with E-state index in [9.17, 15) is 4.79 Å². The standard InChI is InChI=1S/C17H22O/c1-2-3-4-6-10-17(13-9-14-18)15-16-11-7-5-8-12-16/h5,7-9,11-15H,2-4,6,10H2,1H3/b13-9+,17-15+. The summed E-state index contributed by atoms with van der Waals surface area (Å²) in [6, 6.07) is 10.2. The van der Waals surface area contributed by atoms with Crippen molar-refractivity contribution >= 4 is 12.4 Å². The van der Waals surface area contributed by atoms with Crippen molar-refractivity contribution in [2.45, 2.75) is 39.0 Å². The van der Waals surface area contributed by atoms with E-state index in [4.69, 9.17) is 0 Å². The monoisotopic (exact) mass is 242 g/mol. The van der Waals surface area contributed by atoms with E-state index in [1.807, 2.05) is 24.3 Å². The van der Waals surface area contributed by atoms with E-state index in [1.54, 1.807) is 6.08 Å². The molecule has 0 radical (unpaired) electrons. The molecule has 1 aromatic carbocycles. The second-order valence-electron chi connectivity index (χ2n) is 4.44. The van der Waals surface area contributed by atoms with Crippen LogP contribution in [0.25, 0.3) is 6.08 Å². The number of aldehydes is 1. The quantitative estimate of drug-likeness (QED) is 0.277. The van der Waals surface area contributed by atoms with E-state index < -0.39 is 0 Å². The number of unbranched alkanes of at least 4 members (excludes halogenated alkanes) is 3. The highest BCUT2D eigenvalue weighted by Gasteiger charge is 1.95. The Bertz CT molecular complexity index is 387. The summed E-state index contributed by atoms with van der Waals surface area (Å²) in [5.74, 6) is 0. The molecule has 0 aliphatic heterocycles. The zero-order chi connectivity index (χ0) is 13.1. The van der Waals surface area contributed by atoms with Gasteiger partial charge in [0, 0.05) is 0 Å². The van der Waals surface area contributed by atoms with Gasteiger partial charge in [0.1, 0.15) is 6.29 Å². The minimum atomic E-state index is 0.838. The summed E-state index contributed by atoms with van der Waals surface area (Å²) >= 11 is 0. The van der Waals surface area contributed by atoms with Crippen molar-refractivity contribution < 1.29 is 4.79 Å². The van der Waals surface area contributed by atoms with Crippen molar-refractivity contribution in [2.75, 3.05) is 0 Å². The summed E-state index contributed by atoms with van der Waals surface area (Å²) in [5, 5.41) is 0. The first kappa shape index (κ1) is 14.4. The maximum atomic E-state index is 10.4. The summed E-state index contributed by atoms with van der Waals surface area (Å²) in [6.07, 6.45) is 12.5. The number of allylic oxidation sites excluding steroid dienone is 3. The van der Waals surface area contributed by atoms with Gasteiger partial charge in [-0.05, 0) is 30.1 Å². The molecular weight excluding hydrogens is 220 g/mol. The maximum Gasteiger partial charge on any atom is 0.142 e. The second kappa shape index (κ2) is 9.41. The zero-order valence-electron chi connectivity index (χ0n) is 11.1.